The molecule has 3 heteroatoms. The van der Waals surface area contributed by atoms with Crippen molar-refractivity contribution < 1.29 is 4.79 Å². The fourth-order valence-electron chi connectivity index (χ4n) is 2.46. The third-order valence-electron chi connectivity index (χ3n) is 3.44. The minimum Gasteiger partial charge on any atom is -0.355 e. The van der Waals surface area contributed by atoms with Gasteiger partial charge in [0.1, 0.15) is 0 Å². The second-order valence-corrected chi connectivity index (χ2v) is 5.38. The highest BCUT2D eigenvalue weighted by atomic mass is 16.2. The molecule has 16 heavy (non-hydrogen) atoms. The molecule has 0 bridgehead atoms. The largest absolute Gasteiger partial charge is 0.355 e. The lowest BCUT2D eigenvalue weighted by atomic mass is 9.74. The van der Waals surface area contributed by atoms with Gasteiger partial charge in [-0.15, -0.1) is 0 Å². The van der Waals surface area contributed by atoms with E-state index < -0.39 is 0 Å². The normalized spacial score (nSPS) is 19.8. The fraction of sp³-hybridized carbons (Fsp3) is 0.923. The number of amides is 1. The van der Waals surface area contributed by atoms with Crippen molar-refractivity contribution in [2.45, 2.75) is 46.5 Å². The molecule has 1 aliphatic rings. The van der Waals surface area contributed by atoms with Gasteiger partial charge < -0.3 is 10.6 Å². The fourth-order valence-corrected chi connectivity index (χ4v) is 2.46. The van der Waals surface area contributed by atoms with Crippen LogP contribution in [0.1, 0.15) is 46.5 Å². The van der Waals surface area contributed by atoms with Crippen LogP contribution in [0.25, 0.3) is 0 Å². The molecule has 1 rings (SSSR count). The Morgan fingerprint density at radius 1 is 1.38 bits per heavy atom. The first-order valence-corrected chi connectivity index (χ1v) is 6.60. The van der Waals surface area contributed by atoms with Crippen LogP contribution >= 0.6 is 0 Å². The number of carbonyl (C=O) groups excluding carboxylic acids is 1. The summed E-state index contributed by atoms with van der Waals surface area (Å²) in [7, 11) is 0. The second kappa shape index (κ2) is 6.24. The molecule has 3 nitrogen and oxygen atoms in total. The average molecular weight is 226 g/mol. The van der Waals surface area contributed by atoms with E-state index in [0.29, 0.717) is 5.92 Å². The summed E-state index contributed by atoms with van der Waals surface area (Å²) < 4.78 is 0. The summed E-state index contributed by atoms with van der Waals surface area (Å²) in [4.78, 5) is 12.3. The van der Waals surface area contributed by atoms with Gasteiger partial charge in [-0.2, -0.15) is 0 Å². The van der Waals surface area contributed by atoms with Crippen molar-refractivity contribution in [3.8, 4) is 0 Å². The van der Waals surface area contributed by atoms with Gasteiger partial charge in [0.25, 0.3) is 0 Å². The molecule has 1 fully saturated rings. The van der Waals surface area contributed by atoms with E-state index in [2.05, 4.69) is 31.4 Å². The number of hydrogen-bond donors (Lipinski definition) is 2. The molecule has 1 heterocycles. The number of hydrogen-bond acceptors (Lipinski definition) is 2. The monoisotopic (exact) mass is 226 g/mol. The van der Waals surface area contributed by atoms with Gasteiger partial charge in [0, 0.05) is 6.54 Å². The summed E-state index contributed by atoms with van der Waals surface area (Å²) in [5, 5.41) is 6.45. The third kappa shape index (κ3) is 3.48. The Bertz CT molecular complexity index is 214. The first kappa shape index (κ1) is 13.5. The predicted molar refractivity (Wildman–Crippen MR) is 67.3 cm³/mol. The molecule has 0 aliphatic carbocycles. The summed E-state index contributed by atoms with van der Waals surface area (Å²) in [6.07, 6.45) is 4.10. The standard InChI is InChI=1S/C13H26N2O/c1-4-5-13(6-8-14-9-7-13)12(16)15-10-11(2)3/h11,14H,4-10H2,1-3H3,(H,15,16). The molecule has 94 valence electrons. The van der Waals surface area contributed by atoms with Crippen LogP contribution in [0.5, 0.6) is 0 Å². The van der Waals surface area contributed by atoms with Gasteiger partial charge in [0.15, 0.2) is 0 Å². The topological polar surface area (TPSA) is 41.1 Å². The van der Waals surface area contributed by atoms with Crippen molar-refractivity contribution in [1.29, 1.82) is 0 Å². The van der Waals surface area contributed by atoms with E-state index in [1.54, 1.807) is 0 Å². The van der Waals surface area contributed by atoms with E-state index >= 15 is 0 Å². The summed E-state index contributed by atoms with van der Waals surface area (Å²) in [5.74, 6) is 0.814. The van der Waals surface area contributed by atoms with Crippen molar-refractivity contribution in [1.82, 2.24) is 10.6 Å². The quantitative estimate of drug-likeness (QED) is 0.752. The zero-order valence-corrected chi connectivity index (χ0v) is 10.9. The van der Waals surface area contributed by atoms with Gasteiger partial charge >= 0.3 is 0 Å². The lowest BCUT2D eigenvalue weighted by molar-refractivity contribution is -0.133. The summed E-state index contributed by atoms with van der Waals surface area (Å²) in [5.41, 5.74) is -0.0884. The molecule has 0 atom stereocenters. The lowest BCUT2D eigenvalue weighted by Gasteiger charge is -2.36. The van der Waals surface area contributed by atoms with Crippen LogP contribution in [0.3, 0.4) is 0 Å². The average Bonchev–Trinajstić information content (AvgIpc) is 2.27. The zero-order valence-electron chi connectivity index (χ0n) is 10.9. The minimum atomic E-state index is -0.0884. The van der Waals surface area contributed by atoms with Crippen molar-refractivity contribution in [2.24, 2.45) is 11.3 Å². The summed E-state index contributed by atoms with van der Waals surface area (Å²) in [6, 6.07) is 0. The molecule has 0 aromatic carbocycles. The van der Waals surface area contributed by atoms with E-state index in [9.17, 15) is 4.79 Å². The summed E-state index contributed by atoms with van der Waals surface area (Å²) >= 11 is 0. The SMILES string of the molecule is CCCC1(C(=O)NCC(C)C)CCNCC1. The van der Waals surface area contributed by atoms with Crippen LogP contribution in [-0.2, 0) is 4.79 Å². The van der Waals surface area contributed by atoms with Crippen LogP contribution in [0.15, 0.2) is 0 Å². The van der Waals surface area contributed by atoms with Crippen LogP contribution in [0, 0.1) is 11.3 Å². The molecule has 0 spiro atoms. The zero-order chi connectivity index (χ0) is 12.0. The number of nitrogens with one attached hydrogen (secondary N) is 2. The van der Waals surface area contributed by atoms with E-state index in [0.717, 1.165) is 45.3 Å². The molecule has 1 aliphatic heterocycles. The van der Waals surface area contributed by atoms with Crippen LogP contribution < -0.4 is 10.6 Å². The molecule has 0 saturated carbocycles. The van der Waals surface area contributed by atoms with E-state index in [1.807, 2.05) is 0 Å². The Morgan fingerprint density at radius 3 is 2.50 bits per heavy atom. The molecule has 0 aromatic heterocycles. The van der Waals surface area contributed by atoms with Crippen LogP contribution in [-0.4, -0.2) is 25.5 Å². The minimum absolute atomic E-state index is 0.0884. The number of carbonyl (C=O) groups is 1. The van der Waals surface area contributed by atoms with Crippen molar-refractivity contribution in [3.05, 3.63) is 0 Å². The van der Waals surface area contributed by atoms with Gasteiger partial charge in [-0.1, -0.05) is 27.2 Å². The molecule has 0 radical (unpaired) electrons. The highest BCUT2D eigenvalue weighted by Crippen LogP contribution is 2.34. The highest BCUT2D eigenvalue weighted by molar-refractivity contribution is 5.82. The number of piperidine rings is 1. The van der Waals surface area contributed by atoms with Crippen molar-refractivity contribution in [3.63, 3.8) is 0 Å². The first-order valence-electron chi connectivity index (χ1n) is 6.60. The molecule has 1 amide bonds. The van der Waals surface area contributed by atoms with Crippen LogP contribution in [0.2, 0.25) is 0 Å². The number of rotatable bonds is 5. The molecular formula is C13H26N2O. The Hall–Kier alpha value is -0.570. The maximum atomic E-state index is 12.3. The summed E-state index contributed by atoms with van der Waals surface area (Å²) in [6.45, 7) is 9.20. The van der Waals surface area contributed by atoms with Gasteiger partial charge in [0.2, 0.25) is 5.91 Å². The third-order valence-corrected chi connectivity index (χ3v) is 3.44. The molecular weight excluding hydrogens is 200 g/mol. The van der Waals surface area contributed by atoms with Crippen LogP contribution in [0.4, 0.5) is 0 Å². The van der Waals surface area contributed by atoms with Crippen molar-refractivity contribution >= 4 is 5.91 Å². The van der Waals surface area contributed by atoms with Gasteiger partial charge in [-0.3, -0.25) is 4.79 Å². The Morgan fingerprint density at radius 2 is 2.00 bits per heavy atom. The first-order chi connectivity index (χ1) is 7.60. The van der Waals surface area contributed by atoms with Gasteiger partial charge in [-0.25, -0.2) is 0 Å². The van der Waals surface area contributed by atoms with E-state index in [4.69, 9.17) is 0 Å². The van der Waals surface area contributed by atoms with Gasteiger partial charge in [-0.05, 0) is 38.3 Å². The highest BCUT2D eigenvalue weighted by Gasteiger charge is 2.38. The van der Waals surface area contributed by atoms with Gasteiger partial charge in [0.05, 0.1) is 5.41 Å². The maximum Gasteiger partial charge on any atom is 0.226 e. The Labute approximate surface area is 99.4 Å². The second-order valence-electron chi connectivity index (χ2n) is 5.38. The molecule has 2 N–H and O–H groups in total. The predicted octanol–water partition coefficient (Wildman–Crippen LogP) is 1.93. The maximum absolute atomic E-state index is 12.3. The molecule has 0 unspecified atom stereocenters. The van der Waals surface area contributed by atoms with Crippen molar-refractivity contribution in [2.75, 3.05) is 19.6 Å². The lowest BCUT2D eigenvalue weighted by Crippen LogP contribution is -2.48. The molecule has 0 aromatic rings. The smallest absolute Gasteiger partial charge is 0.226 e. The Balaban J connectivity index is 2.57. The van der Waals surface area contributed by atoms with E-state index in [1.165, 1.54) is 0 Å². The Kier molecular flexibility index (Phi) is 5.26. The molecule has 1 saturated heterocycles. The van der Waals surface area contributed by atoms with E-state index in [-0.39, 0.29) is 11.3 Å².